The molecule has 2 rings (SSSR count). The summed E-state index contributed by atoms with van der Waals surface area (Å²) < 4.78 is 0. The highest BCUT2D eigenvalue weighted by atomic mass is 35.5. The molecular formula is C14H22ClN3. The predicted molar refractivity (Wildman–Crippen MR) is 77.0 cm³/mol. The fourth-order valence-corrected chi connectivity index (χ4v) is 3.00. The quantitative estimate of drug-likeness (QED) is 0.914. The summed E-state index contributed by atoms with van der Waals surface area (Å²) in [4.78, 5) is 6.65. The topological polar surface area (TPSA) is 42.2 Å². The van der Waals surface area contributed by atoms with Gasteiger partial charge in [-0.05, 0) is 43.2 Å². The summed E-state index contributed by atoms with van der Waals surface area (Å²) >= 11 is 6.37. The maximum Gasteiger partial charge on any atom is 0.147 e. The molecule has 3 nitrogen and oxygen atoms in total. The minimum absolute atomic E-state index is 0.462. The number of pyridine rings is 1. The van der Waals surface area contributed by atoms with Crippen LogP contribution in [0.5, 0.6) is 0 Å². The van der Waals surface area contributed by atoms with Gasteiger partial charge in [0.1, 0.15) is 5.82 Å². The molecule has 1 heterocycles. The Kier molecular flexibility index (Phi) is 4.46. The van der Waals surface area contributed by atoms with E-state index in [2.05, 4.69) is 23.9 Å². The van der Waals surface area contributed by atoms with Gasteiger partial charge in [0.25, 0.3) is 0 Å². The van der Waals surface area contributed by atoms with E-state index in [4.69, 9.17) is 17.3 Å². The van der Waals surface area contributed by atoms with Gasteiger partial charge in [-0.15, -0.1) is 0 Å². The number of halogens is 1. The Morgan fingerprint density at radius 1 is 1.39 bits per heavy atom. The molecule has 1 aliphatic rings. The molecule has 0 saturated heterocycles. The first-order chi connectivity index (χ1) is 8.63. The van der Waals surface area contributed by atoms with Crippen LogP contribution >= 0.6 is 11.6 Å². The van der Waals surface area contributed by atoms with Crippen LogP contribution in [0.2, 0.25) is 5.02 Å². The molecule has 0 spiro atoms. The lowest BCUT2D eigenvalue weighted by atomic mass is 9.87. The maximum absolute atomic E-state index is 6.37. The zero-order valence-corrected chi connectivity index (χ0v) is 12.0. The molecule has 0 atom stereocenters. The molecule has 0 unspecified atom stereocenters. The van der Waals surface area contributed by atoms with E-state index in [1.54, 1.807) is 6.20 Å². The van der Waals surface area contributed by atoms with Gasteiger partial charge in [0.05, 0.1) is 5.02 Å². The van der Waals surface area contributed by atoms with Gasteiger partial charge < -0.3 is 10.6 Å². The van der Waals surface area contributed by atoms with Crippen molar-refractivity contribution in [2.75, 3.05) is 11.9 Å². The number of hydrogen-bond donors (Lipinski definition) is 1. The monoisotopic (exact) mass is 267 g/mol. The minimum atomic E-state index is 0.462. The number of hydrogen-bond acceptors (Lipinski definition) is 3. The smallest absolute Gasteiger partial charge is 0.147 e. The first-order valence-corrected chi connectivity index (χ1v) is 7.07. The van der Waals surface area contributed by atoms with Crippen molar-refractivity contribution in [2.24, 2.45) is 11.7 Å². The molecule has 0 amide bonds. The number of nitrogens with two attached hydrogens (primary N) is 1. The summed E-state index contributed by atoms with van der Waals surface area (Å²) in [6, 6.07) is 2.45. The second-order valence-electron chi connectivity index (χ2n) is 5.34. The highest BCUT2D eigenvalue weighted by Gasteiger charge is 2.24. The molecule has 0 aliphatic heterocycles. The second kappa shape index (κ2) is 5.89. The fourth-order valence-electron chi connectivity index (χ4n) is 2.68. The molecule has 1 aliphatic carbocycles. The van der Waals surface area contributed by atoms with Gasteiger partial charge in [-0.2, -0.15) is 0 Å². The van der Waals surface area contributed by atoms with Crippen molar-refractivity contribution in [3.8, 4) is 0 Å². The molecule has 0 aromatic carbocycles. The number of anilines is 1. The third-order valence-electron chi connectivity index (χ3n) is 4.04. The molecule has 2 N–H and O–H groups in total. The van der Waals surface area contributed by atoms with Crippen molar-refractivity contribution in [3.05, 3.63) is 22.8 Å². The Balaban J connectivity index is 2.15. The number of aromatic nitrogens is 1. The molecular weight excluding hydrogens is 246 g/mol. The third-order valence-corrected chi connectivity index (χ3v) is 4.45. The van der Waals surface area contributed by atoms with Crippen LogP contribution in [-0.2, 0) is 6.54 Å². The maximum atomic E-state index is 6.37. The van der Waals surface area contributed by atoms with Crippen molar-refractivity contribution >= 4 is 17.4 Å². The van der Waals surface area contributed by atoms with Crippen molar-refractivity contribution < 1.29 is 0 Å². The molecule has 0 bridgehead atoms. The molecule has 1 aromatic rings. The van der Waals surface area contributed by atoms with Gasteiger partial charge in [-0.1, -0.05) is 18.5 Å². The average molecular weight is 268 g/mol. The zero-order valence-electron chi connectivity index (χ0n) is 11.2. The molecule has 1 fully saturated rings. The summed E-state index contributed by atoms with van der Waals surface area (Å²) in [6.07, 6.45) is 6.84. The summed E-state index contributed by atoms with van der Waals surface area (Å²) in [7, 11) is 2.09. The van der Waals surface area contributed by atoms with Crippen molar-refractivity contribution in [3.63, 3.8) is 0 Å². The van der Waals surface area contributed by atoms with E-state index in [-0.39, 0.29) is 0 Å². The minimum Gasteiger partial charge on any atom is -0.355 e. The standard InChI is InChI=1S/C14H22ClN3/c1-10-3-5-12(6-4-10)18(2)14-13(15)11(9-16)7-8-17-14/h7-8,10,12H,3-6,9,16H2,1-2H3. The summed E-state index contributed by atoms with van der Waals surface area (Å²) in [5.41, 5.74) is 6.66. The van der Waals surface area contributed by atoms with Crippen LogP contribution < -0.4 is 10.6 Å². The predicted octanol–water partition coefficient (Wildman–Crippen LogP) is 3.21. The van der Waals surface area contributed by atoms with Gasteiger partial charge in [0, 0.05) is 25.8 Å². The Morgan fingerprint density at radius 3 is 2.67 bits per heavy atom. The molecule has 0 radical (unpaired) electrons. The molecule has 100 valence electrons. The SMILES string of the molecule is CC1CCC(N(C)c2nccc(CN)c2Cl)CC1. The Labute approximate surface area is 114 Å². The lowest BCUT2D eigenvalue weighted by molar-refractivity contribution is 0.340. The molecule has 4 heteroatoms. The first-order valence-electron chi connectivity index (χ1n) is 6.69. The van der Waals surface area contributed by atoms with E-state index >= 15 is 0 Å². The van der Waals surface area contributed by atoms with E-state index in [0.717, 1.165) is 17.3 Å². The van der Waals surface area contributed by atoms with Crippen molar-refractivity contribution in [1.29, 1.82) is 0 Å². The van der Waals surface area contributed by atoms with Gasteiger partial charge >= 0.3 is 0 Å². The van der Waals surface area contributed by atoms with E-state index in [0.29, 0.717) is 17.6 Å². The van der Waals surface area contributed by atoms with Crippen LogP contribution in [0.3, 0.4) is 0 Å². The number of rotatable bonds is 3. The second-order valence-corrected chi connectivity index (χ2v) is 5.71. The summed E-state index contributed by atoms with van der Waals surface area (Å²) in [5.74, 6) is 1.73. The summed E-state index contributed by atoms with van der Waals surface area (Å²) in [5, 5.41) is 0.709. The Bertz CT molecular complexity index is 400. The van der Waals surface area contributed by atoms with E-state index in [1.807, 2.05) is 6.07 Å². The molecule has 18 heavy (non-hydrogen) atoms. The first kappa shape index (κ1) is 13.6. The van der Waals surface area contributed by atoms with Crippen LogP contribution in [0, 0.1) is 5.92 Å². The van der Waals surface area contributed by atoms with Crippen LogP contribution in [0.4, 0.5) is 5.82 Å². The van der Waals surface area contributed by atoms with Crippen LogP contribution in [-0.4, -0.2) is 18.1 Å². The lowest BCUT2D eigenvalue weighted by Gasteiger charge is -2.34. The third kappa shape index (κ3) is 2.78. The van der Waals surface area contributed by atoms with E-state index in [1.165, 1.54) is 25.7 Å². The molecule has 1 aromatic heterocycles. The van der Waals surface area contributed by atoms with Gasteiger partial charge in [0.15, 0.2) is 0 Å². The van der Waals surface area contributed by atoms with E-state index in [9.17, 15) is 0 Å². The largest absolute Gasteiger partial charge is 0.355 e. The molecule has 1 saturated carbocycles. The Hall–Kier alpha value is -0.800. The Morgan fingerprint density at radius 2 is 2.06 bits per heavy atom. The number of nitrogens with zero attached hydrogens (tertiary/aromatic N) is 2. The average Bonchev–Trinajstić information content (AvgIpc) is 2.39. The summed E-state index contributed by atoms with van der Waals surface area (Å²) in [6.45, 7) is 2.79. The lowest BCUT2D eigenvalue weighted by Crippen LogP contribution is -2.35. The van der Waals surface area contributed by atoms with Crippen LogP contribution in [0.15, 0.2) is 12.3 Å². The highest BCUT2D eigenvalue weighted by molar-refractivity contribution is 6.33. The van der Waals surface area contributed by atoms with Crippen molar-refractivity contribution in [2.45, 2.75) is 45.2 Å². The highest BCUT2D eigenvalue weighted by Crippen LogP contribution is 2.32. The van der Waals surface area contributed by atoms with Crippen LogP contribution in [0.25, 0.3) is 0 Å². The van der Waals surface area contributed by atoms with E-state index < -0.39 is 0 Å². The van der Waals surface area contributed by atoms with Gasteiger partial charge in [0.2, 0.25) is 0 Å². The zero-order chi connectivity index (χ0) is 13.1. The fraction of sp³-hybridized carbons (Fsp3) is 0.643. The van der Waals surface area contributed by atoms with Crippen LogP contribution in [0.1, 0.15) is 38.2 Å². The van der Waals surface area contributed by atoms with Crippen molar-refractivity contribution in [1.82, 2.24) is 4.98 Å². The van der Waals surface area contributed by atoms with Gasteiger partial charge in [-0.3, -0.25) is 0 Å². The normalized spacial score (nSPS) is 24.0. The van der Waals surface area contributed by atoms with Gasteiger partial charge in [-0.25, -0.2) is 4.98 Å².